The number of carbonyl (C=O) groups is 2. The highest BCUT2D eigenvalue weighted by atomic mass is 28.4. The second kappa shape index (κ2) is 19.9. The first-order valence-corrected chi connectivity index (χ1v) is 22.4. The van der Waals surface area contributed by atoms with Gasteiger partial charge in [0.1, 0.15) is 18.8 Å². The van der Waals surface area contributed by atoms with Crippen molar-refractivity contribution in [1.29, 1.82) is 0 Å². The molecule has 6 aromatic carbocycles. The zero-order valence-electron chi connectivity index (χ0n) is 34.5. The fourth-order valence-corrected chi connectivity index (χ4v) is 12.6. The molecule has 0 N–H and O–H groups in total. The summed E-state index contributed by atoms with van der Waals surface area (Å²) in [5.74, 6) is -0.550. The standard InChI is InChI=1S/C51H53NO7Si/c1-51(2,3)60(43-30-18-8-19-31-43,44-32-20-9-21-33-44)58-38-45-47(59-49(53)42-28-16-7-17-29-42)48(56-36-40-24-12-5-13-25-40)46(55-35-39-22-10-4-11-23-39)34-52(45)50(54)57-37-41-26-14-6-15-27-41/h4-33,45-48H,34-38H2,1-3H3/t45-,46+,47+,48-/m1/s1. The molecule has 0 aliphatic carbocycles. The lowest BCUT2D eigenvalue weighted by atomic mass is 9.93. The van der Waals surface area contributed by atoms with Gasteiger partial charge in [-0.05, 0) is 44.2 Å². The molecule has 1 aliphatic heterocycles. The molecule has 0 spiro atoms. The van der Waals surface area contributed by atoms with Crippen molar-refractivity contribution in [3.63, 3.8) is 0 Å². The van der Waals surface area contributed by atoms with Crippen LogP contribution in [0, 0.1) is 0 Å². The molecule has 0 aromatic heterocycles. The molecule has 60 heavy (non-hydrogen) atoms. The van der Waals surface area contributed by atoms with Crippen LogP contribution in [0.1, 0.15) is 47.8 Å². The maximum atomic E-state index is 14.7. The Balaban J connectivity index is 1.34. The fourth-order valence-electron chi connectivity index (χ4n) is 8.02. The van der Waals surface area contributed by atoms with Gasteiger partial charge in [-0.25, -0.2) is 9.59 Å². The Hall–Kier alpha value is -5.84. The fraction of sp³-hybridized carbons (Fsp3) is 0.255. The number of likely N-dealkylation sites (tertiary alicyclic amines) is 1. The summed E-state index contributed by atoms with van der Waals surface area (Å²) in [5.41, 5.74) is 3.11. The maximum Gasteiger partial charge on any atom is 0.410 e. The molecule has 8 nitrogen and oxygen atoms in total. The first-order chi connectivity index (χ1) is 29.2. The van der Waals surface area contributed by atoms with Crippen LogP contribution < -0.4 is 10.4 Å². The van der Waals surface area contributed by atoms with Crippen molar-refractivity contribution in [2.24, 2.45) is 0 Å². The van der Waals surface area contributed by atoms with Crippen molar-refractivity contribution in [2.45, 2.75) is 70.0 Å². The van der Waals surface area contributed by atoms with Gasteiger partial charge in [-0.1, -0.05) is 191 Å². The zero-order chi connectivity index (χ0) is 41.8. The van der Waals surface area contributed by atoms with Gasteiger partial charge in [0.25, 0.3) is 8.32 Å². The molecule has 1 aliphatic rings. The predicted molar refractivity (Wildman–Crippen MR) is 236 cm³/mol. The van der Waals surface area contributed by atoms with Crippen molar-refractivity contribution in [1.82, 2.24) is 4.90 Å². The first-order valence-electron chi connectivity index (χ1n) is 20.5. The number of esters is 1. The van der Waals surface area contributed by atoms with Gasteiger partial charge in [0.15, 0.2) is 6.10 Å². The Morgan fingerprint density at radius 1 is 0.567 bits per heavy atom. The lowest BCUT2D eigenvalue weighted by Crippen LogP contribution is -2.70. The number of hydrogen-bond donors (Lipinski definition) is 0. The second-order valence-electron chi connectivity index (χ2n) is 16.1. The van der Waals surface area contributed by atoms with E-state index in [0.29, 0.717) is 5.56 Å². The van der Waals surface area contributed by atoms with Crippen molar-refractivity contribution in [3.8, 4) is 0 Å². The summed E-state index contributed by atoms with van der Waals surface area (Å²) in [5, 5.41) is 1.79. The third-order valence-corrected chi connectivity index (χ3v) is 16.0. The Morgan fingerprint density at radius 2 is 1.00 bits per heavy atom. The molecule has 4 atom stereocenters. The summed E-state index contributed by atoms with van der Waals surface area (Å²) < 4.78 is 33.8. The van der Waals surface area contributed by atoms with Gasteiger partial charge in [-0.15, -0.1) is 0 Å². The Morgan fingerprint density at radius 3 is 1.48 bits per heavy atom. The topological polar surface area (TPSA) is 83.5 Å². The minimum atomic E-state index is -3.16. The van der Waals surface area contributed by atoms with Gasteiger partial charge in [0.05, 0.1) is 38.0 Å². The minimum Gasteiger partial charge on any atom is -0.454 e. The quantitative estimate of drug-likeness (QED) is 0.0756. The molecular formula is C51H53NO7Si. The molecule has 0 radical (unpaired) electrons. The lowest BCUT2D eigenvalue weighted by Gasteiger charge is -2.49. The molecule has 1 amide bonds. The molecule has 1 fully saturated rings. The molecule has 0 saturated carbocycles. The van der Waals surface area contributed by atoms with Gasteiger partial charge in [0, 0.05) is 0 Å². The van der Waals surface area contributed by atoms with Crippen LogP contribution in [0.25, 0.3) is 0 Å². The lowest BCUT2D eigenvalue weighted by molar-refractivity contribution is -0.185. The van der Waals surface area contributed by atoms with E-state index in [9.17, 15) is 9.59 Å². The molecule has 6 aromatic rings. The minimum absolute atomic E-state index is 0.0110. The number of amides is 1. The van der Waals surface area contributed by atoms with Crippen LogP contribution in [0.15, 0.2) is 182 Å². The van der Waals surface area contributed by atoms with Crippen LogP contribution in [0.5, 0.6) is 0 Å². The van der Waals surface area contributed by atoms with E-state index in [-0.39, 0.29) is 38.0 Å². The number of nitrogens with zero attached hydrogens (tertiary/aromatic N) is 1. The molecule has 7 rings (SSSR count). The van der Waals surface area contributed by atoms with Crippen molar-refractivity contribution >= 4 is 30.8 Å². The van der Waals surface area contributed by atoms with E-state index < -0.39 is 44.7 Å². The molecule has 1 heterocycles. The van der Waals surface area contributed by atoms with Gasteiger partial charge >= 0.3 is 12.1 Å². The second-order valence-corrected chi connectivity index (χ2v) is 20.4. The summed E-state index contributed by atoms with van der Waals surface area (Å²) >= 11 is 0. The number of benzene rings is 6. The summed E-state index contributed by atoms with van der Waals surface area (Å²) in [4.78, 5) is 30.6. The zero-order valence-corrected chi connectivity index (χ0v) is 35.5. The first kappa shape index (κ1) is 42.3. The van der Waals surface area contributed by atoms with Crippen LogP contribution in [0.3, 0.4) is 0 Å². The van der Waals surface area contributed by atoms with Gasteiger partial charge in [0.2, 0.25) is 0 Å². The van der Waals surface area contributed by atoms with E-state index in [1.165, 1.54) is 0 Å². The highest BCUT2D eigenvalue weighted by Crippen LogP contribution is 2.38. The number of piperidine rings is 1. The third-order valence-electron chi connectivity index (χ3n) is 11.0. The summed E-state index contributed by atoms with van der Waals surface area (Å²) in [7, 11) is -3.16. The number of ether oxygens (including phenoxy) is 4. The van der Waals surface area contributed by atoms with E-state index in [1.54, 1.807) is 29.2 Å². The normalized spacial score (nSPS) is 18.1. The monoisotopic (exact) mass is 819 g/mol. The molecule has 9 heteroatoms. The molecular weight excluding hydrogens is 767 g/mol. The van der Waals surface area contributed by atoms with Crippen LogP contribution in [0.2, 0.25) is 5.04 Å². The van der Waals surface area contributed by atoms with Crippen molar-refractivity contribution in [2.75, 3.05) is 13.2 Å². The van der Waals surface area contributed by atoms with Gasteiger partial charge in [-0.3, -0.25) is 4.90 Å². The van der Waals surface area contributed by atoms with Crippen LogP contribution in [-0.4, -0.2) is 62.8 Å². The van der Waals surface area contributed by atoms with E-state index in [4.69, 9.17) is 23.4 Å². The van der Waals surface area contributed by atoms with Crippen LogP contribution in [-0.2, 0) is 43.2 Å². The summed E-state index contributed by atoms with van der Waals surface area (Å²) in [6, 6.07) is 58.0. The van der Waals surface area contributed by atoms with E-state index in [0.717, 1.165) is 27.1 Å². The SMILES string of the molecule is CC(C)(C)[Si](OC[C@@H]1[C@H](OC(=O)c2ccccc2)[C@H](OCc2ccccc2)[C@@H](OCc2ccccc2)CN1C(=O)OCc1ccccc1)(c1ccccc1)c1ccccc1. The predicted octanol–water partition coefficient (Wildman–Crippen LogP) is 8.98. The third kappa shape index (κ3) is 10.1. The van der Waals surface area contributed by atoms with Gasteiger partial charge in [-0.2, -0.15) is 0 Å². The Bertz CT molecular complexity index is 2180. The number of rotatable bonds is 15. The van der Waals surface area contributed by atoms with Gasteiger partial charge < -0.3 is 23.4 Å². The Kier molecular flexibility index (Phi) is 14.1. The summed E-state index contributed by atoms with van der Waals surface area (Å²) in [6.45, 7) is 7.24. The molecule has 308 valence electrons. The average molecular weight is 820 g/mol. The highest BCUT2D eigenvalue weighted by Gasteiger charge is 2.54. The van der Waals surface area contributed by atoms with E-state index in [2.05, 4.69) is 45.0 Å². The van der Waals surface area contributed by atoms with E-state index in [1.807, 2.05) is 133 Å². The Labute approximate surface area is 354 Å². The van der Waals surface area contributed by atoms with Crippen LogP contribution >= 0.6 is 0 Å². The summed E-state index contributed by atoms with van der Waals surface area (Å²) in [6.07, 6.45) is -3.16. The van der Waals surface area contributed by atoms with Crippen molar-refractivity contribution in [3.05, 3.63) is 204 Å². The maximum absolute atomic E-state index is 14.7. The van der Waals surface area contributed by atoms with Crippen LogP contribution in [0.4, 0.5) is 4.79 Å². The van der Waals surface area contributed by atoms with Crippen molar-refractivity contribution < 1.29 is 33.0 Å². The number of hydrogen-bond acceptors (Lipinski definition) is 7. The molecule has 1 saturated heterocycles. The smallest absolute Gasteiger partial charge is 0.410 e. The average Bonchev–Trinajstić information content (AvgIpc) is 3.29. The molecule has 0 bridgehead atoms. The largest absolute Gasteiger partial charge is 0.454 e. The van der Waals surface area contributed by atoms with E-state index >= 15 is 0 Å². The highest BCUT2D eigenvalue weighted by molar-refractivity contribution is 6.99. The molecule has 0 unspecified atom stereocenters. The number of carbonyl (C=O) groups excluding carboxylic acids is 2.